The van der Waals surface area contributed by atoms with Gasteiger partial charge in [-0.2, -0.15) is 0 Å². The minimum absolute atomic E-state index is 0.0113. The van der Waals surface area contributed by atoms with Crippen molar-refractivity contribution >= 4 is 44.8 Å². The number of halogens is 3. The van der Waals surface area contributed by atoms with Crippen molar-refractivity contribution in [2.45, 2.75) is 57.5 Å². The number of carbonyl (C=O) groups is 1. The van der Waals surface area contributed by atoms with E-state index in [2.05, 4.69) is 6.58 Å². The van der Waals surface area contributed by atoms with Gasteiger partial charge in [0.1, 0.15) is 5.82 Å². The van der Waals surface area contributed by atoms with Crippen LogP contribution in [-0.4, -0.2) is 37.6 Å². The Kier molecular flexibility index (Phi) is 9.26. The van der Waals surface area contributed by atoms with Crippen LogP contribution in [0.15, 0.2) is 85.5 Å². The number of rotatable bonds is 11. The average Bonchev–Trinajstić information content (AvgIpc) is 3.82. The Morgan fingerprint density at radius 1 is 1.05 bits per heavy atom. The molecule has 3 aromatic rings. The van der Waals surface area contributed by atoms with Crippen LogP contribution in [0, 0.1) is 17.2 Å². The zero-order chi connectivity index (χ0) is 30.9. The lowest BCUT2D eigenvalue weighted by Gasteiger charge is -2.53. The number of piperidine rings is 1. The fourth-order valence-corrected chi connectivity index (χ4v) is 8.00. The molecule has 1 heterocycles. The van der Waals surface area contributed by atoms with Crippen molar-refractivity contribution in [3.63, 3.8) is 0 Å². The molecule has 1 aliphatic carbocycles. The van der Waals surface area contributed by atoms with E-state index in [-0.39, 0.29) is 35.7 Å². The molecule has 0 N–H and O–H groups in total. The maximum absolute atomic E-state index is 15.2. The predicted octanol–water partition coefficient (Wildman–Crippen LogP) is 8.41. The minimum Gasteiger partial charge on any atom is -0.329 e. The molecule has 0 spiro atoms. The van der Waals surface area contributed by atoms with Crippen molar-refractivity contribution in [3.8, 4) is 0 Å². The lowest BCUT2D eigenvalue weighted by atomic mass is 9.67. The number of hydrogen-bond acceptors (Lipinski definition) is 3. The molecule has 0 radical (unpaired) electrons. The fraction of sp³-hybridized carbons (Fsp3) is 0.382. The van der Waals surface area contributed by atoms with E-state index >= 15 is 4.39 Å². The van der Waals surface area contributed by atoms with E-state index in [0.29, 0.717) is 22.9 Å². The van der Waals surface area contributed by atoms with E-state index < -0.39 is 33.3 Å². The van der Waals surface area contributed by atoms with Gasteiger partial charge in [0.2, 0.25) is 15.9 Å². The quantitative estimate of drug-likeness (QED) is 0.197. The van der Waals surface area contributed by atoms with Gasteiger partial charge in [-0.3, -0.25) is 9.10 Å². The number of likely N-dealkylation sites (tertiary alicyclic amines) is 1. The topological polar surface area (TPSA) is 57.7 Å². The van der Waals surface area contributed by atoms with Gasteiger partial charge in [-0.05, 0) is 86.1 Å². The van der Waals surface area contributed by atoms with Crippen LogP contribution in [0.3, 0.4) is 0 Å². The smallest absolute Gasteiger partial charge is 0.235 e. The molecule has 5 nitrogen and oxygen atoms in total. The predicted molar refractivity (Wildman–Crippen MR) is 172 cm³/mol. The van der Waals surface area contributed by atoms with Gasteiger partial charge in [0.05, 0.1) is 35.5 Å². The highest BCUT2D eigenvalue weighted by molar-refractivity contribution is 7.92. The molecular formula is C34H37Cl2FN2O3S. The molecule has 3 aromatic carbocycles. The molecule has 1 amide bonds. The number of amides is 1. The molecule has 1 saturated carbocycles. The molecule has 2 aliphatic rings. The monoisotopic (exact) mass is 642 g/mol. The zero-order valence-corrected chi connectivity index (χ0v) is 26.8. The van der Waals surface area contributed by atoms with Crippen LogP contribution in [0.2, 0.25) is 10.0 Å². The number of anilines is 1. The van der Waals surface area contributed by atoms with Crippen LogP contribution >= 0.6 is 23.2 Å². The van der Waals surface area contributed by atoms with Crippen molar-refractivity contribution in [2.75, 3.05) is 16.6 Å². The summed E-state index contributed by atoms with van der Waals surface area (Å²) in [6.07, 6.45) is 4.46. The van der Waals surface area contributed by atoms with Crippen molar-refractivity contribution in [3.05, 3.63) is 112 Å². The lowest BCUT2D eigenvalue weighted by molar-refractivity contribution is -0.154. The minimum atomic E-state index is -3.89. The Hall–Kier alpha value is -2.87. The van der Waals surface area contributed by atoms with Gasteiger partial charge in [-0.25, -0.2) is 12.8 Å². The third-order valence-electron chi connectivity index (χ3n) is 8.88. The van der Waals surface area contributed by atoms with E-state index in [1.807, 2.05) is 60.4 Å². The molecule has 0 bridgehead atoms. The highest BCUT2D eigenvalue weighted by Crippen LogP contribution is 2.54. The Morgan fingerprint density at radius 3 is 2.35 bits per heavy atom. The fourth-order valence-electron chi connectivity index (χ4n) is 6.54. The molecule has 5 rings (SSSR count). The Morgan fingerprint density at radius 2 is 1.74 bits per heavy atom. The van der Waals surface area contributed by atoms with Gasteiger partial charge in [0.15, 0.2) is 0 Å². The van der Waals surface area contributed by atoms with Gasteiger partial charge in [-0.1, -0.05) is 72.6 Å². The summed E-state index contributed by atoms with van der Waals surface area (Å²) in [6.45, 7) is 7.41. The lowest BCUT2D eigenvalue weighted by Crippen LogP contribution is -2.59. The van der Waals surface area contributed by atoms with Crippen molar-refractivity contribution in [1.29, 1.82) is 0 Å². The molecular weight excluding hydrogens is 606 g/mol. The second-order valence-corrected chi connectivity index (χ2v) is 15.0. The van der Waals surface area contributed by atoms with Crippen LogP contribution < -0.4 is 4.31 Å². The van der Waals surface area contributed by atoms with E-state index in [0.717, 1.165) is 24.0 Å². The summed E-state index contributed by atoms with van der Waals surface area (Å²) in [4.78, 5) is 16.7. The second kappa shape index (κ2) is 12.6. The van der Waals surface area contributed by atoms with Gasteiger partial charge in [-0.15, -0.1) is 6.58 Å². The highest BCUT2D eigenvalue weighted by atomic mass is 35.5. The summed E-state index contributed by atoms with van der Waals surface area (Å²) >= 11 is 12.8. The summed E-state index contributed by atoms with van der Waals surface area (Å²) in [7, 11) is -3.89. The number of allylic oxidation sites excluding steroid dienone is 1. The van der Waals surface area contributed by atoms with Crippen molar-refractivity contribution < 1.29 is 17.6 Å². The maximum atomic E-state index is 15.2. The average molecular weight is 644 g/mol. The third kappa shape index (κ3) is 6.50. The van der Waals surface area contributed by atoms with E-state index in [1.165, 1.54) is 22.5 Å². The number of hydrogen-bond donors (Lipinski definition) is 0. The summed E-state index contributed by atoms with van der Waals surface area (Å²) in [5.74, 6) is -0.988. The largest absolute Gasteiger partial charge is 0.329 e. The summed E-state index contributed by atoms with van der Waals surface area (Å²) in [5.41, 5.74) is 1.08. The molecule has 43 heavy (non-hydrogen) atoms. The normalized spacial score (nSPS) is 23.2. The molecule has 1 aliphatic heterocycles. The number of carbonyl (C=O) groups excluding carboxylic acids is 1. The number of benzene rings is 3. The highest BCUT2D eigenvalue weighted by Gasteiger charge is 2.54. The van der Waals surface area contributed by atoms with Crippen LogP contribution in [0.4, 0.5) is 10.1 Å². The first-order valence-electron chi connectivity index (χ1n) is 14.7. The molecule has 1 saturated heterocycles. The first-order chi connectivity index (χ1) is 20.5. The molecule has 1 unspecified atom stereocenters. The standard InChI is InChI=1S/C34H37Cl2FN2O3S/c1-4-19-34(3)21-28(25-9-8-10-27(36)20-25)32(24-15-17-26(35)18-16-24)39(33(34)40)31(23-13-14-23)22-38(43(41,42)5-2)30-12-7-6-11-29(30)37/h4,6-12,15-18,20,23,28,31-32H,1,5,13-14,19,21-22H2,2-3H3/t28-,31?,32-,34+/m1/s1. The molecule has 4 atom stereocenters. The van der Waals surface area contributed by atoms with Crippen molar-refractivity contribution in [1.82, 2.24) is 4.90 Å². The Labute approximate surface area is 264 Å². The first kappa shape index (κ1) is 31.6. The van der Waals surface area contributed by atoms with E-state index in [4.69, 9.17) is 23.2 Å². The van der Waals surface area contributed by atoms with Gasteiger partial charge >= 0.3 is 0 Å². The van der Waals surface area contributed by atoms with Crippen LogP contribution in [0.1, 0.15) is 62.6 Å². The summed E-state index contributed by atoms with van der Waals surface area (Å²) in [6, 6.07) is 20.2. The first-order valence-corrected chi connectivity index (χ1v) is 17.0. The van der Waals surface area contributed by atoms with Gasteiger partial charge in [0.25, 0.3) is 0 Å². The Bertz CT molecular complexity index is 1600. The third-order valence-corrected chi connectivity index (χ3v) is 11.1. The van der Waals surface area contributed by atoms with Crippen LogP contribution in [-0.2, 0) is 14.8 Å². The number of para-hydroxylation sites is 1. The molecule has 2 fully saturated rings. The van der Waals surface area contributed by atoms with E-state index in [1.54, 1.807) is 19.1 Å². The zero-order valence-electron chi connectivity index (χ0n) is 24.4. The van der Waals surface area contributed by atoms with Gasteiger partial charge in [0, 0.05) is 16.0 Å². The Balaban J connectivity index is 1.71. The number of sulfonamides is 1. The van der Waals surface area contributed by atoms with Crippen molar-refractivity contribution in [2.24, 2.45) is 11.3 Å². The molecule has 9 heteroatoms. The molecule has 228 valence electrons. The second-order valence-electron chi connectivity index (χ2n) is 11.9. The number of nitrogens with zero attached hydrogens (tertiary/aromatic N) is 2. The molecule has 0 aromatic heterocycles. The van der Waals surface area contributed by atoms with Gasteiger partial charge < -0.3 is 4.90 Å². The SMILES string of the molecule is C=CC[C@@]1(C)C[C@H](c2cccc(Cl)c2)[C@@H](c2ccc(Cl)cc2)N(C(CN(c2ccccc2F)S(=O)(=O)CC)C2CC2)C1=O. The van der Waals surface area contributed by atoms with Crippen LogP contribution in [0.5, 0.6) is 0 Å². The van der Waals surface area contributed by atoms with Crippen LogP contribution in [0.25, 0.3) is 0 Å². The summed E-state index contributed by atoms with van der Waals surface area (Å²) < 4.78 is 43.5. The summed E-state index contributed by atoms with van der Waals surface area (Å²) in [5, 5.41) is 1.17. The van der Waals surface area contributed by atoms with E-state index in [9.17, 15) is 13.2 Å². The maximum Gasteiger partial charge on any atom is 0.235 e.